The summed E-state index contributed by atoms with van der Waals surface area (Å²) in [7, 11) is 0. The lowest BCUT2D eigenvalue weighted by Gasteiger charge is -2.19. The predicted molar refractivity (Wildman–Crippen MR) is 152 cm³/mol. The molecule has 0 unspecified atom stereocenters. The van der Waals surface area contributed by atoms with Crippen molar-refractivity contribution in [2.45, 2.75) is 32.7 Å². The number of H-pyrrole nitrogens is 1. The number of nitrogens with zero attached hydrogens (tertiary/aromatic N) is 1. The largest absolute Gasteiger partial charge is 0.506 e. The number of carboxylic acids is 1. The van der Waals surface area contributed by atoms with E-state index in [0.29, 0.717) is 33.5 Å². The summed E-state index contributed by atoms with van der Waals surface area (Å²) < 4.78 is 0. The Balaban J connectivity index is 1.56. The fraction of sp³-hybridized carbons (Fsp3) is 0.156. The Hall–Kier alpha value is -4.91. The Morgan fingerprint density at radius 2 is 1.72 bits per heavy atom. The number of aromatic nitrogens is 2. The van der Waals surface area contributed by atoms with Crippen LogP contribution in [0.15, 0.2) is 84.9 Å². The summed E-state index contributed by atoms with van der Waals surface area (Å²) >= 11 is 0. The van der Waals surface area contributed by atoms with Crippen molar-refractivity contribution in [1.29, 1.82) is 0 Å². The maximum Gasteiger partial charge on any atom is 0.336 e. The molecule has 5 rings (SSSR count). The Labute approximate surface area is 226 Å². The number of carboxylic acid groups (broad SMARTS) is 1. The molecule has 0 spiro atoms. The molecule has 0 bridgehead atoms. The fourth-order valence-corrected chi connectivity index (χ4v) is 4.99. The van der Waals surface area contributed by atoms with Gasteiger partial charge in [-0.3, -0.25) is 4.79 Å². The van der Waals surface area contributed by atoms with Crippen molar-refractivity contribution < 1.29 is 19.8 Å². The second-order valence-electron chi connectivity index (χ2n) is 9.55. The number of fused-ring (bicyclic) bond motifs is 1. The van der Waals surface area contributed by atoms with Crippen LogP contribution in [-0.2, 0) is 0 Å². The molecule has 0 radical (unpaired) electrons. The third-order valence-corrected chi connectivity index (χ3v) is 6.89. The SMILES string of the molecule is CCC[C@@H](NC(=O)c1ccc(-c2c(C)cccc2-c2nc3c(O)cccc3[nH]2)c(C(=O)O)c1)c1ccccc1. The number of aromatic carboxylic acids is 1. The van der Waals surface area contributed by atoms with Crippen LogP contribution in [0.3, 0.4) is 0 Å². The molecule has 39 heavy (non-hydrogen) atoms. The zero-order valence-electron chi connectivity index (χ0n) is 21.7. The van der Waals surface area contributed by atoms with Crippen LogP contribution in [-0.4, -0.2) is 32.1 Å². The minimum Gasteiger partial charge on any atom is -0.506 e. The number of hydrogen-bond donors (Lipinski definition) is 4. The van der Waals surface area contributed by atoms with Crippen molar-refractivity contribution in [2.75, 3.05) is 0 Å². The van der Waals surface area contributed by atoms with Crippen molar-refractivity contribution in [1.82, 2.24) is 15.3 Å². The molecule has 1 aromatic heterocycles. The van der Waals surface area contributed by atoms with E-state index < -0.39 is 5.97 Å². The number of phenols is 1. The first-order valence-electron chi connectivity index (χ1n) is 12.9. The quantitative estimate of drug-likeness (QED) is 0.178. The topological polar surface area (TPSA) is 115 Å². The summed E-state index contributed by atoms with van der Waals surface area (Å²) in [5.74, 6) is -0.898. The van der Waals surface area contributed by atoms with Gasteiger partial charge in [-0.1, -0.05) is 74.0 Å². The number of carbonyl (C=O) groups is 2. The van der Waals surface area contributed by atoms with Crippen LogP contribution in [0.25, 0.3) is 33.5 Å². The Morgan fingerprint density at radius 1 is 0.949 bits per heavy atom. The number of benzene rings is 4. The summed E-state index contributed by atoms with van der Waals surface area (Å²) in [6.07, 6.45) is 1.65. The van der Waals surface area contributed by atoms with E-state index in [1.807, 2.05) is 61.5 Å². The van der Waals surface area contributed by atoms with E-state index >= 15 is 0 Å². The fourth-order valence-electron chi connectivity index (χ4n) is 4.99. The number of rotatable bonds is 8. The molecule has 7 heteroatoms. The molecule has 4 N–H and O–H groups in total. The van der Waals surface area contributed by atoms with E-state index in [4.69, 9.17) is 0 Å². The lowest BCUT2D eigenvalue weighted by atomic mass is 9.90. The lowest BCUT2D eigenvalue weighted by molar-refractivity contribution is 0.0697. The van der Waals surface area contributed by atoms with Crippen LogP contribution in [0.5, 0.6) is 5.75 Å². The third-order valence-electron chi connectivity index (χ3n) is 6.89. The first-order valence-corrected chi connectivity index (χ1v) is 12.9. The van der Waals surface area contributed by atoms with E-state index in [1.54, 1.807) is 24.3 Å². The van der Waals surface area contributed by atoms with Crippen LogP contribution < -0.4 is 5.32 Å². The van der Waals surface area contributed by atoms with Crippen molar-refractivity contribution in [3.63, 3.8) is 0 Å². The second kappa shape index (κ2) is 10.8. The molecular formula is C32H29N3O4. The molecule has 1 atom stereocenters. The van der Waals surface area contributed by atoms with Crippen molar-refractivity contribution >= 4 is 22.9 Å². The number of hydrogen-bond acceptors (Lipinski definition) is 4. The van der Waals surface area contributed by atoms with Crippen LogP contribution in [0.2, 0.25) is 0 Å². The number of aryl methyl sites for hydroxylation is 1. The van der Waals surface area contributed by atoms with Crippen molar-refractivity contribution in [3.05, 3.63) is 107 Å². The highest BCUT2D eigenvalue weighted by atomic mass is 16.4. The molecular weight excluding hydrogens is 490 g/mol. The minimum absolute atomic E-state index is 0.0175. The van der Waals surface area contributed by atoms with Gasteiger partial charge in [0.1, 0.15) is 17.1 Å². The summed E-state index contributed by atoms with van der Waals surface area (Å²) in [5, 5.41) is 23.5. The highest BCUT2D eigenvalue weighted by molar-refractivity contribution is 6.03. The molecule has 4 aromatic carbocycles. The number of para-hydroxylation sites is 1. The molecule has 1 heterocycles. The Kier molecular flexibility index (Phi) is 7.14. The predicted octanol–water partition coefficient (Wildman–Crippen LogP) is 6.88. The van der Waals surface area contributed by atoms with Crippen molar-refractivity contribution in [2.24, 2.45) is 0 Å². The summed E-state index contributed by atoms with van der Waals surface area (Å²) in [6, 6.07) is 25.1. The van der Waals surface area contributed by atoms with E-state index in [9.17, 15) is 19.8 Å². The van der Waals surface area contributed by atoms with Gasteiger partial charge in [0.25, 0.3) is 5.91 Å². The van der Waals surface area contributed by atoms with Crippen molar-refractivity contribution in [3.8, 4) is 28.3 Å². The molecule has 7 nitrogen and oxygen atoms in total. The van der Waals surface area contributed by atoms with Gasteiger partial charge in [0.05, 0.1) is 17.1 Å². The van der Waals surface area contributed by atoms with Crippen LogP contribution in [0, 0.1) is 6.92 Å². The summed E-state index contributed by atoms with van der Waals surface area (Å²) in [4.78, 5) is 33.6. The third kappa shape index (κ3) is 5.11. The molecule has 0 aliphatic heterocycles. The van der Waals surface area contributed by atoms with E-state index in [-0.39, 0.29) is 28.8 Å². The smallest absolute Gasteiger partial charge is 0.336 e. The maximum absolute atomic E-state index is 13.3. The Bertz CT molecular complexity index is 1670. The van der Waals surface area contributed by atoms with Gasteiger partial charge in [0, 0.05) is 11.1 Å². The van der Waals surface area contributed by atoms with E-state index in [2.05, 4.69) is 22.2 Å². The minimum atomic E-state index is -1.13. The number of imidazole rings is 1. The van der Waals surface area contributed by atoms with Gasteiger partial charge in [-0.25, -0.2) is 9.78 Å². The number of carbonyl (C=O) groups excluding carboxylic acids is 1. The van der Waals surface area contributed by atoms with Crippen LogP contribution in [0.4, 0.5) is 0 Å². The average molecular weight is 520 g/mol. The van der Waals surface area contributed by atoms with Gasteiger partial charge in [-0.2, -0.15) is 0 Å². The molecule has 5 aromatic rings. The van der Waals surface area contributed by atoms with Gasteiger partial charge >= 0.3 is 5.97 Å². The molecule has 0 aliphatic carbocycles. The normalized spacial score (nSPS) is 11.8. The van der Waals surface area contributed by atoms with Gasteiger partial charge in [-0.05, 0) is 59.9 Å². The maximum atomic E-state index is 13.3. The molecule has 196 valence electrons. The Morgan fingerprint density at radius 3 is 2.44 bits per heavy atom. The van der Waals surface area contributed by atoms with Gasteiger partial charge in [-0.15, -0.1) is 0 Å². The molecule has 0 fully saturated rings. The molecule has 0 saturated carbocycles. The average Bonchev–Trinajstić information content (AvgIpc) is 3.38. The number of nitrogens with one attached hydrogen (secondary N) is 2. The number of amides is 1. The standard InChI is InChI=1S/C32H29N3O4/c1-3-9-25(20-11-5-4-6-12-20)34-31(37)21-16-17-22(24(18-21)32(38)39)28-19(2)10-7-13-23(28)30-33-26-14-8-15-27(36)29(26)35-30/h4-8,10-18,25,36H,3,9H2,1-2H3,(H,33,35)(H,34,37)(H,38,39)/t25-/m1/s1. The number of aromatic amines is 1. The second-order valence-corrected chi connectivity index (χ2v) is 9.55. The van der Waals surface area contributed by atoms with E-state index in [1.165, 1.54) is 6.07 Å². The zero-order chi connectivity index (χ0) is 27.5. The van der Waals surface area contributed by atoms with Gasteiger partial charge in [0.2, 0.25) is 0 Å². The number of phenolic OH excluding ortho intramolecular Hbond substituents is 1. The van der Waals surface area contributed by atoms with Gasteiger partial charge < -0.3 is 20.5 Å². The van der Waals surface area contributed by atoms with Gasteiger partial charge in [0.15, 0.2) is 0 Å². The first-order chi connectivity index (χ1) is 18.9. The summed E-state index contributed by atoms with van der Waals surface area (Å²) in [5.41, 5.74) is 5.11. The lowest BCUT2D eigenvalue weighted by Crippen LogP contribution is -2.28. The first kappa shape index (κ1) is 25.7. The molecule has 0 aliphatic rings. The van der Waals surface area contributed by atoms with Crippen LogP contribution in [0.1, 0.15) is 57.7 Å². The zero-order valence-corrected chi connectivity index (χ0v) is 21.7. The molecule has 1 amide bonds. The highest BCUT2D eigenvalue weighted by Gasteiger charge is 2.22. The summed E-state index contributed by atoms with van der Waals surface area (Å²) in [6.45, 7) is 3.96. The highest BCUT2D eigenvalue weighted by Crippen LogP contribution is 2.37. The molecule has 0 saturated heterocycles. The monoisotopic (exact) mass is 519 g/mol. The van der Waals surface area contributed by atoms with E-state index in [0.717, 1.165) is 24.0 Å². The van der Waals surface area contributed by atoms with Crippen LogP contribution >= 0.6 is 0 Å². The number of aromatic hydroxyl groups is 1.